The zero-order chi connectivity index (χ0) is 55.8. The highest BCUT2D eigenvalue weighted by Crippen LogP contribution is 2.41. The van der Waals surface area contributed by atoms with Gasteiger partial charge in [-0.2, -0.15) is 0 Å². The van der Waals surface area contributed by atoms with Crippen LogP contribution in [-0.4, -0.2) is 18.8 Å². The molecule has 0 aliphatic rings. The highest BCUT2D eigenvalue weighted by atomic mass is 16.1. The van der Waals surface area contributed by atoms with Crippen molar-refractivity contribution in [1.29, 1.82) is 0 Å². The van der Waals surface area contributed by atoms with E-state index in [1.807, 2.05) is 81.6 Å². The van der Waals surface area contributed by atoms with Crippen LogP contribution in [0.4, 0.5) is 0 Å². The molecule has 0 fully saturated rings. The Morgan fingerprint density at radius 3 is 0.738 bits per heavy atom. The summed E-state index contributed by atoms with van der Waals surface area (Å²) in [4.78, 5) is 73.8. The largest absolute Gasteiger partial charge is 0.306 e. The smallest absolute Gasteiger partial charge is 0.215 e. The van der Waals surface area contributed by atoms with E-state index in [0.29, 0.717) is 43.6 Å². The summed E-state index contributed by atoms with van der Waals surface area (Å²) in [7, 11) is 0. The molecule has 14 rings (SSSR count). The molecule has 8 heteroatoms. The maximum Gasteiger partial charge on any atom is 0.215 e. The van der Waals surface area contributed by atoms with Crippen molar-refractivity contribution < 1.29 is 0 Å². The van der Waals surface area contributed by atoms with E-state index >= 15 is 19.2 Å². The minimum Gasteiger partial charge on any atom is -0.306 e. The first kappa shape index (κ1) is 48.9. The Morgan fingerprint density at radius 1 is 0.275 bits per heavy atom. The molecule has 0 atom stereocenters. The summed E-state index contributed by atoms with van der Waals surface area (Å²) in [5.41, 5.74) is 23.0. The minimum absolute atomic E-state index is 0.0292. The van der Waals surface area contributed by atoms with Crippen molar-refractivity contribution in [1.82, 2.24) is 18.8 Å². The highest BCUT2D eigenvalue weighted by molar-refractivity contribution is 6.24. The predicted octanol–water partition coefficient (Wildman–Crippen LogP) is 15.7. The van der Waals surface area contributed by atoms with Crippen LogP contribution in [-0.2, 0) is 0 Å². The Bertz CT molecular complexity index is 4890. The second-order valence-corrected chi connectivity index (χ2v) is 23.1. The van der Waals surface area contributed by atoms with Gasteiger partial charge in [0, 0.05) is 21.5 Å². The molecule has 6 aromatic heterocycles. The van der Waals surface area contributed by atoms with Crippen LogP contribution in [0.15, 0.2) is 141 Å². The normalized spacial score (nSPS) is 12.2. The van der Waals surface area contributed by atoms with Crippen LogP contribution in [0.2, 0.25) is 0 Å². The van der Waals surface area contributed by atoms with E-state index in [0.717, 1.165) is 111 Å². The van der Waals surface area contributed by atoms with Crippen LogP contribution in [0.1, 0.15) is 66.8 Å². The van der Waals surface area contributed by atoms with Gasteiger partial charge in [-0.05, 0) is 221 Å². The van der Waals surface area contributed by atoms with Gasteiger partial charge in [0.25, 0.3) is 0 Å². The van der Waals surface area contributed by atoms with Crippen molar-refractivity contribution >= 4 is 87.5 Å². The molecule has 0 amide bonds. The number of aryl methyl sites for hydroxylation is 12. The van der Waals surface area contributed by atoms with Crippen molar-refractivity contribution in [2.75, 3.05) is 0 Å². The quantitative estimate of drug-likeness (QED) is 0.128. The van der Waals surface area contributed by atoms with Gasteiger partial charge in [-0.15, -0.1) is 0 Å². The number of benzene rings is 8. The van der Waals surface area contributed by atoms with Gasteiger partial charge in [-0.1, -0.05) is 95.1 Å². The van der Waals surface area contributed by atoms with Gasteiger partial charge in [0.05, 0.1) is 43.9 Å². The van der Waals surface area contributed by atoms with Crippen LogP contribution in [0.5, 0.6) is 0 Å². The lowest BCUT2D eigenvalue weighted by atomic mass is 9.91. The molecule has 0 saturated heterocycles. The summed E-state index contributed by atoms with van der Waals surface area (Å²) in [5, 5.41) is 1.82. The first-order chi connectivity index (χ1) is 38.3. The number of aromatic nitrogens is 4. The molecule has 0 spiro atoms. The molecular weight excluding hydrogens is 985 g/mol. The second-order valence-electron chi connectivity index (χ2n) is 23.1. The fraction of sp³-hybridized carbons (Fsp3) is 0.167. The Balaban J connectivity index is 1.20. The summed E-state index contributed by atoms with van der Waals surface area (Å²) in [6.07, 6.45) is 0. The first-order valence-electron chi connectivity index (χ1n) is 27.4. The minimum atomic E-state index is -0.384. The standard InChI is InChI=1S/C72H56N4O4/c1-33-21-37(5)57(38(6)22-33)45-13-17-49-53(29-45)75-55-31-47(59-41(9)25-35(3)26-42(59)10)15-19-51(55)71(79)65-67(75)61(69(49)77)63-64(73-65)62-68-66(74-63)72(80)52-20-16-48(60-43(11)27-36(4)28-44(60)12)32-56(52)76(68)54-30-46(14-18-50(54)70(62)78)58-39(7)23-34(2)24-40(58)8/h13-32H,1-12H3. The molecule has 0 radical (unpaired) electrons. The van der Waals surface area contributed by atoms with E-state index in [-0.39, 0.29) is 65.6 Å². The number of hydrogen-bond acceptors (Lipinski definition) is 6. The van der Waals surface area contributed by atoms with Crippen molar-refractivity contribution in [3.8, 4) is 44.5 Å². The third-order valence-electron chi connectivity index (χ3n) is 17.2. The third-order valence-corrected chi connectivity index (χ3v) is 17.2. The number of rotatable bonds is 4. The topological polar surface area (TPSA) is 103 Å². The summed E-state index contributed by atoms with van der Waals surface area (Å²) in [5.74, 6) is 0. The summed E-state index contributed by atoms with van der Waals surface area (Å²) >= 11 is 0. The Morgan fingerprint density at radius 2 is 0.500 bits per heavy atom. The highest BCUT2D eigenvalue weighted by Gasteiger charge is 2.29. The molecule has 0 unspecified atom stereocenters. The zero-order valence-corrected chi connectivity index (χ0v) is 47.0. The molecule has 8 nitrogen and oxygen atoms in total. The van der Waals surface area contributed by atoms with Crippen molar-refractivity contribution in [3.63, 3.8) is 0 Å². The molecule has 0 saturated carbocycles. The Hall–Kier alpha value is -9.40. The van der Waals surface area contributed by atoms with Gasteiger partial charge in [0.2, 0.25) is 10.9 Å². The number of hydrogen-bond donors (Lipinski definition) is 0. The average molecular weight is 1040 g/mol. The molecule has 0 bridgehead atoms. The number of pyridine rings is 6. The predicted molar refractivity (Wildman–Crippen MR) is 333 cm³/mol. The summed E-state index contributed by atoms with van der Waals surface area (Å²) in [6.45, 7) is 25.2. The van der Waals surface area contributed by atoms with E-state index in [4.69, 9.17) is 9.97 Å². The molecule has 388 valence electrons. The van der Waals surface area contributed by atoms with E-state index in [2.05, 4.69) is 132 Å². The van der Waals surface area contributed by atoms with E-state index in [1.54, 1.807) is 0 Å². The van der Waals surface area contributed by atoms with Gasteiger partial charge >= 0.3 is 0 Å². The van der Waals surface area contributed by atoms with Gasteiger partial charge in [-0.25, -0.2) is 9.97 Å². The number of fused-ring (bicyclic) bond motifs is 11. The lowest BCUT2D eigenvalue weighted by molar-refractivity contribution is 1.27. The van der Waals surface area contributed by atoms with Crippen LogP contribution in [0.3, 0.4) is 0 Å². The monoisotopic (exact) mass is 1040 g/mol. The molecule has 0 aliphatic heterocycles. The van der Waals surface area contributed by atoms with E-state index < -0.39 is 0 Å². The SMILES string of the molecule is Cc1cc(C)c(-c2ccc3c(=O)c4nc5c(nc6c(=O)c7ccc(-c8c(C)cc(C)cc8C)cc7n7c8cc(-c9c(C)cc(C)cc9C)ccc8c(=O)c5c67)c5c(=O)c6ccc(-c7c(C)cc(C)cc7C)cc6n(c3c2)c45)c(C)c1. The summed E-state index contributed by atoms with van der Waals surface area (Å²) in [6, 6.07) is 40.9. The van der Waals surface area contributed by atoms with Crippen LogP contribution >= 0.6 is 0 Å². The molecule has 8 aromatic carbocycles. The molecular formula is C72H56N4O4. The van der Waals surface area contributed by atoms with Gasteiger partial charge < -0.3 is 8.80 Å². The molecule has 6 heterocycles. The zero-order valence-electron chi connectivity index (χ0n) is 47.0. The van der Waals surface area contributed by atoms with E-state index in [9.17, 15) is 0 Å². The van der Waals surface area contributed by atoms with Gasteiger partial charge in [0.15, 0.2) is 10.9 Å². The Labute approximate surface area is 460 Å². The van der Waals surface area contributed by atoms with Gasteiger partial charge in [-0.3, -0.25) is 19.2 Å². The fourth-order valence-electron chi connectivity index (χ4n) is 14.5. The van der Waals surface area contributed by atoms with Crippen molar-refractivity contribution in [3.05, 3.63) is 229 Å². The summed E-state index contributed by atoms with van der Waals surface area (Å²) < 4.78 is 4.02. The Kier molecular flexibility index (Phi) is 10.4. The van der Waals surface area contributed by atoms with Gasteiger partial charge in [0.1, 0.15) is 22.1 Å². The third kappa shape index (κ3) is 6.81. The van der Waals surface area contributed by atoms with Crippen LogP contribution in [0.25, 0.3) is 132 Å². The maximum absolute atomic E-state index is 15.9. The average Bonchev–Trinajstić information content (AvgIpc) is 1.65. The first-order valence-corrected chi connectivity index (χ1v) is 27.4. The second kappa shape index (κ2) is 17.1. The molecule has 80 heavy (non-hydrogen) atoms. The van der Waals surface area contributed by atoms with E-state index in [1.165, 1.54) is 0 Å². The molecule has 0 aliphatic carbocycles. The number of nitrogens with zero attached hydrogens (tertiary/aromatic N) is 4. The lowest BCUT2D eigenvalue weighted by Gasteiger charge is -2.20. The maximum atomic E-state index is 15.9. The van der Waals surface area contributed by atoms with Crippen LogP contribution in [0, 0.1) is 83.1 Å². The molecule has 0 N–H and O–H groups in total. The lowest BCUT2D eigenvalue weighted by Crippen LogP contribution is -2.19. The fourth-order valence-corrected chi connectivity index (χ4v) is 14.5. The van der Waals surface area contributed by atoms with Crippen molar-refractivity contribution in [2.45, 2.75) is 83.1 Å². The van der Waals surface area contributed by atoms with Crippen molar-refractivity contribution in [2.24, 2.45) is 0 Å². The van der Waals surface area contributed by atoms with Crippen LogP contribution < -0.4 is 21.7 Å². The molecule has 14 aromatic rings.